The molecule has 24 heavy (non-hydrogen) atoms. The van der Waals surface area contributed by atoms with E-state index in [0.29, 0.717) is 22.7 Å². The van der Waals surface area contributed by atoms with E-state index in [1.807, 2.05) is 4.90 Å². The van der Waals surface area contributed by atoms with E-state index >= 15 is 0 Å². The van der Waals surface area contributed by atoms with Gasteiger partial charge in [0.05, 0.1) is 11.3 Å². The summed E-state index contributed by atoms with van der Waals surface area (Å²) in [5, 5.41) is 3.43. The van der Waals surface area contributed by atoms with Crippen molar-refractivity contribution in [2.45, 2.75) is 44.6 Å². The molecular formula is C18H24ClN3O2. The van der Waals surface area contributed by atoms with Gasteiger partial charge in [-0.2, -0.15) is 0 Å². The van der Waals surface area contributed by atoms with Crippen LogP contribution >= 0.6 is 11.6 Å². The molecule has 1 aliphatic carbocycles. The van der Waals surface area contributed by atoms with Crippen LogP contribution in [0, 0.1) is 5.92 Å². The molecule has 130 valence electrons. The second-order valence-corrected chi connectivity index (χ2v) is 7.24. The zero-order valence-electron chi connectivity index (χ0n) is 13.8. The lowest BCUT2D eigenvalue weighted by Gasteiger charge is -2.26. The highest BCUT2D eigenvalue weighted by molar-refractivity contribution is 6.31. The highest BCUT2D eigenvalue weighted by Crippen LogP contribution is 2.27. The molecule has 0 bridgehead atoms. The molecule has 1 saturated heterocycles. The summed E-state index contributed by atoms with van der Waals surface area (Å²) < 4.78 is 0. The Balaban J connectivity index is 1.77. The van der Waals surface area contributed by atoms with Gasteiger partial charge >= 0.3 is 0 Å². The van der Waals surface area contributed by atoms with E-state index in [4.69, 9.17) is 17.3 Å². The molecular weight excluding hydrogens is 326 g/mol. The molecule has 3 rings (SSSR count). The van der Waals surface area contributed by atoms with Crippen molar-refractivity contribution in [2.75, 3.05) is 18.4 Å². The van der Waals surface area contributed by atoms with E-state index in [1.54, 1.807) is 18.2 Å². The van der Waals surface area contributed by atoms with Crippen molar-refractivity contribution in [2.24, 2.45) is 11.7 Å². The van der Waals surface area contributed by atoms with E-state index in [1.165, 1.54) is 0 Å². The third-order valence-electron chi connectivity index (χ3n) is 4.95. The average Bonchev–Trinajstić information content (AvgIpc) is 3.10. The molecule has 2 atom stereocenters. The van der Waals surface area contributed by atoms with Crippen LogP contribution in [0.1, 0.15) is 48.9 Å². The minimum Gasteiger partial charge on any atom is -0.339 e. The number of carbonyl (C=O) groups is 2. The van der Waals surface area contributed by atoms with Crippen molar-refractivity contribution >= 4 is 29.1 Å². The number of hydrogen-bond acceptors (Lipinski definition) is 3. The highest BCUT2D eigenvalue weighted by atomic mass is 35.5. The lowest BCUT2D eigenvalue weighted by Crippen LogP contribution is -2.35. The maximum absolute atomic E-state index is 12.7. The Labute approximate surface area is 147 Å². The normalized spacial score (nSPS) is 24.0. The van der Waals surface area contributed by atoms with Gasteiger partial charge in [0.15, 0.2) is 0 Å². The lowest BCUT2D eigenvalue weighted by molar-refractivity contribution is -0.120. The van der Waals surface area contributed by atoms with Crippen LogP contribution in [0.2, 0.25) is 5.02 Å². The number of anilines is 1. The van der Waals surface area contributed by atoms with Gasteiger partial charge in [-0.25, -0.2) is 0 Å². The fourth-order valence-corrected chi connectivity index (χ4v) is 3.77. The van der Waals surface area contributed by atoms with Gasteiger partial charge in [-0.3, -0.25) is 9.59 Å². The van der Waals surface area contributed by atoms with Gasteiger partial charge in [-0.05, 0) is 50.3 Å². The minimum atomic E-state index is -0.0841. The molecule has 5 nitrogen and oxygen atoms in total. The number of halogens is 1. The Morgan fingerprint density at radius 1 is 1.17 bits per heavy atom. The Hall–Kier alpha value is -1.59. The van der Waals surface area contributed by atoms with Crippen LogP contribution in [0.3, 0.4) is 0 Å². The maximum atomic E-state index is 12.7. The van der Waals surface area contributed by atoms with Crippen molar-refractivity contribution in [1.82, 2.24) is 4.90 Å². The van der Waals surface area contributed by atoms with Gasteiger partial charge < -0.3 is 16.0 Å². The predicted molar refractivity (Wildman–Crippen MR) is 95.2 cm³/mol. The largest absolute Gasteiger partial charge is 0.339 e. The number of hydrogen-bond donors (Lipinski definition) is 2. The van der Waals surface area contributed by atoms with Gasteiger partial charge in [0, 0.05) is 30.1 Å². The summed E-state index contributed by atoms with van der Waals surface area (Å²) in [6, 6.07) is 5.15. The van der Waals surface area contributed by atoms with Crippen molar-refractivity contribution in [1.29, 1.82) is 0 Å². The van der Waals surface area contributed by atoms with Crippen molar-refractivity contribution in [3.05, 3.63) is 28.8 Å². The lowest BCUT2D eigenvalue weighted by atomic mass is 9.85. The molecule has 1 saturated carbocycles. The summed E-state index contributed by atoms with van der Waals surface area (Å²) in [5.74, 6) is -0.201. The van der Waals surface area contributed by atoms with Crippen LogP contribution < -0.4 is 11.1 Å². The number of nitrogens with two attached hydrogens (primary N) is 1. The third kappa shape index (κ3) is 3.90. The Morgan fingerprint density at radius 2 is 1.92 bits per heavy atom. The first kappa shape index (κ1) is 17.2. The molecule has 0 radical (unpaired) electrons. The van der Waals surface area contributed by atoms with Gasteiger partial charge in [-0.1, -0.05) is 18.0 Å². The third-order valence-corrected chi connectivity index (χ3v) is 5.18. The SMILES string of the molecule is NC1CCCC(C(=O)Nc2ccc(Cl)cc2C(=O)N2CCCC2)C1. The molecule has 1 aromatic carbocycles. The van der Waals surface area contributed by atoms with Crippen LogP contribution in [0.5, 0.6) is 0 Å². The second-order valence-electron chi connectivity index (χ2n) is 6.80. The molecule has 2 unspecified atom stereocenters. The zero-order valence-corrected chi connectivity index (χ0v) is 14.5. The Bertz CT molecular complexity index is 629. The number of likely N-dealkylation sites (tertiary alicyclic amines) is 1. The smallest absolute Gasteiger partial charge is 0.256 e. The van der Waals surface area contributed by atoms with Gasteiger partial charge in [0.1, 0.15) is 0 Å². The van der Waals surface area contributed by atoms with Gasteiger partial charge in [0.2, 0.25) is 5.91 Å². The number of nitrogens with one attached hydrogen (secondary N) is 1. The number of nitrogens with zero attached hydrogens (tertiary/aromatic N) is 1. The summed E-state index contributed by atoms with van der Waals surface area (Å²) in [6.45, 7) is 1.52. The van der Waals surface area contributed by atoms with Crippen molar-refractivity contribution in [3.8, 4) is 0 Å². The molecule has 2 aliphatic rings. The molecule has 3 N–H and O–H groups in total. The molecule has 6 heteroatoms. The Morgan fingerprint density at radius 3 is 2.62 bits per heavy atom. The summed E-state index contributed by atoms with van der Waals surface area (Å²) >= 11 is 6.07. The van der Waals surface area contributed by atoms with Crippen molar-refractivity contribution < 1.29 is 9.59 Å². The monoisotopic (exact) mass is 349 g/mol. The summed E-state index contributed by atoms with van der Waals surface area (Å²) in [7, 11) is 0. The quantitative estimate of drug-likeness (QED) is 0.880. The van der Waals surface area contributed by atoms with E-state index in [0.717, 1.165) is 45.2 Å². The van der Waals surface area contributed by atoms with Gasteiger partial charge in [0.25, 0.3) is 5.91 Å². The summed E-state index contributed by atoms with van der Waals surface area (Å²) in [5.41, 5.74) is 6.99. The Kier molecular flexibility index (Phi) is 5.41. The van der Waals surface area contributed by atoms with E-state index in [-0.39, 0.29) is 23.8 Å². The molecule has 0 spiro atoms. The van der Waals surface area contributed by atoms with Crippen LogP contribution in [0.4, 0.5) is 5.69 Å². The first-order valence-corrected chi connectivity index (χ1v) is 9.07. The summed E-state index contributed by atoms with van der Waals surface area (Å²) in [4.78, 5) is 27.1. The fraction of sp³-hybridized carbons (Fsp3) is 0.556. The number of carbonyl (C=O) groups excluding carboxylic acids is 2. The molecule has 1 aliphatic heterocycles. The van der Waals surface area contributed by atoms with Crippen LogP contribution in [-0.2, 0) is 4.79 Å². The zero-order chi connectivity index (χ0) is 17.1. The predicted octanol–water partition coefficient (Wildman–Crippen LogP) is 3.03. The number of amides is 2. The maximum Gasteiger partial charge on any atom is 0.256 e. The average molecular weight is 350 g/mol. The van der Waals surface area contributed by atoms with Crippen LogP contribution in [0.25, 0.3) is 0 Å². The molecule has 2 fully saturated rings. The first-order valence-electron chi connectivity index (χ1n) is 8.70. The second kappa shape index (κ2) is 7.53. The molecule has 1 aromatic rings. The highest BCUT2D eigenvalue weighted by Gasteiger charge is 2.27. The molecule has 0 aromatic heterocycles. The van der Waals surface area contributed by atoms with Crippen LogP contribution in [-0.4, -0.2) is 35.8 Å². The number of benzene rings is 1. The van der Waals surface area contributed by atoms with E-state index in [2.05, 4.69) is 5.32 Å². The van der Waals surface area contributed by atoms with E-state index < -0.39 is 0 Å². The number of rotatable bonds is 3. The molecule has 2 amide bonds. The van der Waals surface area contributed by atoms with Crippen LogP contribution in [0.15, 0.2) is 18.2 Å². The minimum absolute atomic E-state index is 0.0528. The van der Waals surface area contributed by atoms with Gasteiger partial charge in [-0.15, -0.1) is 0 Å². The summed E-state index contributed by atoms with van der Waals surface area (Å²) in [6.07, 6.45) is 5.54. The fourth-order valence-electron chi connectivity index (χ4n) is 3.59. The first-order chi connectivity index (χ1) is 11.5. The topological polar surface area (TPSA) is 75.4 Å². The standard InChI is InChI=1S/C18H24ClN3O2/c19-13-6-7-16(15(11-13)18(24)22-8-1-2-9-22)21-17(23)12-4-3-5-14(20)10-12/h6-7,11-12,14H,1-5,8-10,20H2,(H,21,23). The van der Waals surface area contributed by atoms with Crippen molar-refractivity contribution in [3.63, 3.8) is 0 Å². The van der Waals surface area contributed by atoms with E-state index in [9.17, 15) is 9.59 Å². The molecule has 1 heterocycles.